The number of rotatable bonds is 3. The maximum absolute atomic E-state index is 12.7. The van der Waals surface area contributed by atoms with Crippen molar-refractivity contribution in [2.75, 3.05) is 0 Å². The molecule has 21 heavy (non-hydrogen) atoms. The van der Waals surface area contributed by atoms with Crippen molar-refractivity contribution >= 4 is 15.9 Å². The number of alkyl halides is 3. The van der Waals surface area contributed by atoms with E-state index in [1.165, 1.54) is 6.07 Å². The second kappa shape index (κ2) is 6.17. The van der Waals surface area contributed by atoms with Crippen molar-refractivity contribution in [3.8, 4) is 0 Å². The molecule has 0 aromatic heterocycles. The van der Waals surface area contributed by atoms with Gasteiger partial charge in [-0.2, -0.15) is 13.2 Å². The van der Waals surface area contributed by atoms with Crippen molar-refractivity contribution < 1.29 is 13.2 Å². The number of hydrogen-bond acceptors (Lipinski definition) is 2. The summed E-state index contributed by atoms with van der Waals surface area (Å²) in [6.45, 7) is 1.65. The molecule has 0 aliphatic carbocycles. The van der Waals surface area contributed by atoms with Gasteiger partial charge in [0.25, 0.3) is 0 Å². The number of nitrogens with two attached hydrogens (primary N) is 1. The summed E-state index contributed by atoms with van der Waals surface area (Å²) in [7, 11) is 0. The average molecular weight is 359 g/mol. The average Bonchev–Trinajstić information content (AvgIpc) is 2.40. The zero-order chi connectivity index (χ0) is 15.6. The summed E-state index contributed by atoms with van der Waals surface area (Å²) in [5.41, 5.74) is 4.12. The number of benzene rings is 2. The fourth-order valence-electron chi connectivity index (χ4n) is 2.23. The lowest BCUT2D eigenvalue weighted by molar-refractivity contribution is -0.137. The Morgan fingerprint density at radius 1 is 1.14 bits per heavy atom. The molecule has 0 spiro atoms. The van der Waals surface area contributed by atoms with Crippen molar-refractivity contribution in [3.05, 3.63) is 69.2 Å². The topological polar surface area (TPSA) is 38.0 Å². The highest BCUT2D eigenvalue weighted by atomic mass is 79.9. The first-order valence-corrected chi connectivity index (χ1v) is 7.01. The lowest BCUT2D eigenvalue weighted by Gasteiger charge is -2.20. The first-order chi connectivity index (χ1) is 9.82. The predicted octanol–water partition coefficient (Wildman–Crippen LogP) is 4.33. The van der Waals surface area contributed by atoms with Gasteiger partial charge in [-0.05, 0) is 47.9 Å². The Kier molecular flexibility index (Phi) is 4.70. The van der Waals surface area contributed by atoms with Crippen molar-refractivity contribution in [2.24, 2.45) is 5.84 Å². The van der Waals surface area contributed by atoms with Gasteiger partial charge in [-0.25, -0.2) is 5.43 Å². The normalized spacial score (nSPS) is 13.2. The monoisotopic (exact) mass is 358 g/mol. The minimum absolute atomic E-state index is 0.371. The first kappa shape index (κ1) is 16.0. The Bertz CT molecular complexity index is 641. The largest absolute Gasteiger partial charge is 0.416 e. The SMILES string of the molecule is Cc1cc(C(F)(F)F)ccc1C(NN)c1cccc(Br)c1. The van der Waals surface area contributed by atoms with Crippen LogP contribution in [0.5, 0.6) is 0 Å². The van der Waals surface area contributed by atoms with E-state index in [0.29, 0.717) is 11.1 Å². The van der Waals surface area contributed by atoms with Crippen LogP contribution in [0.4, 0.5) is 13.2 Å². The van der Waals surface area contributed by atoms with Crippen molar-refractivity contribution in [3.63, 3.8) is 0 Å². The maximum atomic E-state index is 12.7. The third-order valence-electron chi connectivity index (χ3n) is 3.26. The summed E-state index contributed by atoms with van der Waals surface area (Å²) in [5.74, 6) is 5.59. The number of nitrogens with one attached hydrogen (secondary N) is 1. The van der Waals surface area contributed by atoms with E-state index >= 15 is 0 Å². The van der Waals surface area contributed by atoms with E-state index < -0.39 is 11.7 Å². The molecule has 2 nitrogen and oxygen atoms in total. The molecule has 0 saturated heterocycles. The second-order valence-corrected chi connectivity index (χ2v) is 5.64. The molecule has 2 aromatic rings. The van der Waals surface area contributed by atoms with Crippen molar-refractivity contribution in [1.82, 2.24) is 5.43 Å². The molecule has 0 aliphatic heterocycles. The predicted molar refractivity (Wildman–Crippen MR) is 79.5 cm³/mol. The quantitative estimate of drug-likeness (QED) is 0.633. The van der Waals surface area contributed by atoms with Crippen molar-refractivity contribution in [2.45, 2.75) is 19.1 Å². The molecule has 0 amide bonds. The van der Waals surface area contributed by atoms with Crippen LogP contribution in [-0.2, 0) is 6.18 Å². The van der Waals surface area contributed by atoms with E-state index in [2.05, 4.69) is 21.4 Å². The number of halogens is 4. The molecule has 0 bridgehead atoms. The summed E-state index contributed by atoms with van der Waals surface area (Å²) >= 11 is 3.37. The maximum Gasteiger partial charge on any atom is 0.416 e. The lowest BCUT2D eigenvalue weighted by atomic mass is 9.94. The number of aryl methyl sites for hydroxylation is 1. The van der Waals surface area contributed by atoms with Gasteiger partial charge in [0.2, 0.25) is 0 Å². The van der Waals surface area contributed by atoms with Gasteiger partial charge in [0.1, 0.15) is 0 Å². The molecule has 2 rings (SSSR count). The Morgan fingerprint density at radius 3 is 2.38 bits per heavy atom. The van der Waals surface area contributed by atoms with Crippen LogP contribution >= 0.6 is 15.9 Å². The van der Waals surface area contributed by atoms with Crippen LogP contribution < -0.4 is 11.3 Å². The van der Waals surface area contributed by atoms with Gasteiger partial charge >= 0.3 is 6.18 Å². The summed E-state index contributed by atoms with van der Waals surface area (Å²) in [5, 5.41) is 0. The fourth-order valence-corrected chi connectivity index (χ4v) is 2.64. The molecule has 1 atom stereocenters. The highest BCUT2D eigenvalue weighted by molar-refractivity contribution is 9.10. The Balaban J connectivity index is 2.44. The minimum atomic E-state index is -4.34. The van der Waals surface area contributed by atoms with E-state index in [1.807, 2.05) is 24.3 Å². The molecule has 0 aliphatic rings. The van der Waals surface area contributed by atoms with E-state index in [1.54, 1.807) is 6.92 Å². The van der Waals surface area contributed by atoms with Crippen LogP contribution in [0.25, 0.3) is 0 Å². The van der Waals surface area contributed by atoms with Gasteiger partial charge < -0.3 is 0 Å². The van der Waals surface area contributed by atoms with Crippen LogP contribution in [0, 0.1) is 6.92 Å². The molecule has 0 heterocycles. The molecular formula is C15H14BrF3N2. The van der Waals surface area contributed by atoms with Crippen LogP contribution in [0.1, 0.15) is 28.3 Å². The van der Waals surface area contributed by atoms with Crippen LogP contribution in [-0.4, -0.2) is 0 Å². The zero-order valence-electron chi connectivity index (χ0n) is 11.2. The van der Waals surface area contributed by atoms with Gasteiger partial charge in [0.15, 0.2) is 0 Å². The summed E-state index contributed by atoms with van der Waals surface area (Å²) in [4.78, 5) is 0. The summed E-state index contributed by atoms with van der Waals surface area (Å²) in [6, 6.07) is 10.8. The van der Waals surface area contributed by atoms with E-state index in [9.17, 15) is 13.2 Å². The molecule has 0 saturated carbocycles. The molecule has 1 unspecified atom stereocenters. The Morgan fingerprint density at radius 2 is 1.86 bits per heavy atom. The van der Waals surface area contributed by atoms with Gasteiger partial charge in [0, 0.05) is 4.47 Å². The van der Waals surface area contributed by atoms with Gasteiger partial charge in [-0.15, -0.1) is 0 Å². The standard InChI is InChI=1S/C15H14BrF3N2/c1-9-7-11(15(17,18)19)5-6-13(9)14(21-20)10-3-2-4-12(16)8-10/h2-8,14,21H,20H2,1H3. The molecule has 3 N–H and O–H groups in total. The van der Waals surface area contributed by atoms with Gasteiger partial charge in [-0.3, -0.25) is 5.84 Å². The minimum Gasteiger partial charge on any atom is -0.271 e. The molecule has 0 fully saturated rings. The number of hydrazine groups is 1. The van der Waals surface area contributed by atoms with E-state index in [-0.39, 0.29) is 6.04 Å². The second-order valence-electron chi connectivity index (χ2n) is 4.72. The van der Waals surface area contributed by atoms with E-state index in [4.69, 9.17) is 5.84 Å². The highest BCUT2D eigenvalue weighted by Gasteiger charge is 2.31. The van der Waals surface area contributed by atoms with Gasteiger partial charge in [0.05, 0.1) is 11.6 Å². The summed E-state index contributed by atoms with van der Waals surface area (Å²) in [6.07, 6.45) is -4.34. The number of hydrogen-bond donors (Lipinski definition) is 2. The van der Waals surface area contributed by atoms with Crippen LogP contribution in [0.3, 0.4) is 0 Å². The van der Waals surface area contributed by atoms with Crippen LogP contribution in [0.15, 0.2) is 46.9 Å². The van der Waals surface area contributed by atoms with Crippen molar-refractivity contribution in [1.29, 1.82) is 0 Å². The molecule has 2 aromatic carbocycles. The highest BCUT2D eigenvalue weighted by Crippen LogP contribution is 2.33. The Labute approximate surface area is 129 Å². The third kappa shape index (κ3) is 3.64. The molecule has 112 valence electrons. The first-order valence-electron chi connectivity index (χ1n) is 6.22. The van der Waals surface area contributed by atoms with E-state index in [0.717, 1.165) is 22.2 Å². The smallest absolute Gasteiger partial charge is 0.271 e. The lowest BCUT2D eigenvalue weighted by Crippen LogP contribution is -2.29. The molecule has 6 heteroatoms. The fraction of sp³-hybridized carbons (Fsp3) is 0.200. The van der Waals surface area contributed by atoms with Gasteiger partial charge in [-0.1, -0.05) is 34.1 Å². The Hall–Kier alpha value is -1.37. The molecular weight excluding hydrogens is 345 g/mol. The summed E-state index contributed by atoms with van der Waals surface area (Å²) < 4.78 is 39.0. The third-order valence-corrected chi connectivity index (χ3v) is 3.75. The zero-order valence-corrected chi connectivity index (χ0v) is 12.8. The molecule has 0 radical (unpaired) electrons. The van der Waals surface area contributed by atoms with Crippen LogP contribution in [0.2, 0.25) is 0 Å².